The number of ether oxygens (including phenoxy) is 1. The highest BCUT2D eigenvalue weighted by atomic mass is 16.6. The van der Waals surface area contributed by atoms with E-state index in [2.05, 4.69) is 5.16 Å². The standard InChI is InChI=1S/C20H22N2O5/c1-20(2)10-15-17(19(25)26-20)16(27-21-15)9-12-3-5-13(6-4-12)18(24)22-8-7-14(23)11-22/h3-6,14,23H,7-11H2,1-2H3. The molecular formula is C20H22N2O5. The maximum atomic E-state index is 12.4. The number of carbonyl (C=O) groups is 2. The Labute approximate surface area is 156 Å². The molecule has 0 aliphatic carbocycles. The average Bonchev–Trinajstić information content (AvgIpc) is 3.20. The van der Waals surface area contributed by atoms with Crippen LogP contribution in [0.2, 0.25) is 0 Å². The predicted octanol–water partition coefficient (Wildman–Crippen LogP) is 1.96. The Bertz CT molecular complexity index is 884. The average molecular weight is 370 g/mol. The van der Waals surface area contributed by atoms with Crippen molar-refractivity contribution < 1.29 is 24.0 Å². The SMILES string of the molecule is CC1(C)Cc2noc(Cc3ccc(C(=O)N4CCC(O)C4)cc3)c2C(=O)O1. The highest BCUT2D eigenvalue weighted by Crippen LogP contribution is 2.30. The van der Waals surface area contributed by atoms with Crippen LogP contribution in [0, 0.1) is 0 Å². The smallest absolute Gasteiger partial charge is 0.344 e. The van der Waals surface area contributed by atoms with E-state index in [1.165, 1.54) is 0 Å². The van der Waals surface area contributed by atoms with Crippen molar-refractivity contribution in [3.05, 3.63) is 52.4 Å². The molecule has 142 valence electrons. The maximum absolute atomic E-state index is 12.4. The van der Waals surface area contributed by atoms with Gasteiger partial charge in [0.05, 0.1) is 6.10 Å². The fraction of sp³-hybridized carbons (Fsp3) is 0.450. The molecule has 0 spiro atoms. The number of hydrogen-bond donors (Lipinski definition) is 1. The van der Waals surface area contributed by atoms with E-state index in [0.29, 0.717) is 54.9 Å². The minimum atomic E-state index is -0.580. The molecule has 1 N–H and O–H groups in total. The van der Waals surface area contributed by atoms with Gasteiger partial charge in [-0.05, 0) is 38.0 Å². The summed E-state index contributed by atoms with van der Waals surface area (Å²) in [5.41, 5.74) is 1.95. The number of benzene rings is 1. The molecule has 2 aliphatic rings. The zero-order chi connectivity index (χ0) is 19.2. The fourth-order valence-electron chi connectivity index (χ4n) is 3.64. The lowest BCUT2D eigenvalue weighted by Gasteiger charge is -2.28. The third-order valence-corrected chi connectivity index (χ3v) is 5.02. The Balaban J connectivity index is 1.49. The van der Waals surface area contributed by atoms with Gasteiger partial charge in [0, 0.05) is 31.5 Å². The number of likely N-dealkylation sites (tertiary alicyclic amines) is 1. The van der Waals surface area contributed by atoms with Crippen LogP contribution in [0.4, 0.5) is 0 Å². The quantitative estimate of drug-likeness (QED) is 0.831. The number of hydrogen-bond acceptors (Lipinski definition) is 6. The summed E-state index contributed by atoms with van der Waals surface area (Å²) >= 11 is 0. The summed E-state index contributed by atoms with van der Waals surface area (Å²) in [6.07, 6.45) is 1.10. The van der Waals surface area contributed by atoms with Crippen molar-refractivity contribution in [3.8, 4) is 0 Å². The number of β-amino-alcohol motifs (C(OH)–C–C–N with tert-alkyl or cyclic N) is 1. The van der Waals surface area contributed by atoms with Crippen LogP contribution >= 0.6 is 0 Å². The lowest BCUT2D eigenvalue weighted by molar-refractivity contribution is -0.00700. The van der Waals surface area contributed by atoms with Gasteiger partial charge in [0.2, 0.25) is 0 Å². The molecule has 2 aliphatic heterocycles. The number of aliphatic hydroxyl groups is 1. The van der Waals surface area contributed by atoms with Crippen LogP contribution < -0.4 is 0 Å². The molecule has 3 heterocycles. The van der Waals surface area contributed by atoms with Crippen molar-refractivity contribution in [1.82, 2.24) is 10.1 Å². The highest BCUT2D eigenvalue weighted by molar-refractivity contribution is 5.94. The number of esters is 1. The van der Waals surface area contributed by atoms with E-state index in [1.807, 2.05) is 26.0 Å². The Kier molecular flexibility index (Phi) is 4.26. The Morgan fingerprint density at radius 2 is 2.07 bits per heavy atom. The Morgan fingerprint density at radius 1 is 1.33 bits per heavy atom. The fourth-order valence-corrected chi connectivity index (χ4v) is 3.64. The molecule has 0 radical (unpaired) electrons. The van der Waals surface area contributed by atoms with E-state index >= 15 is 0 Å². The molecule has 7 nitrogen and oxygen atoms in total. The van der Waals surface area contributed by atoms with Gasteiger partial charge in [-0.2, -0.15) is 0 Å². The summed E-state index contributed by atoms with van der Waals surface area (Å²) < 4.78 is 10.8. The van der Waals surface area contributed by atoms with Crippen LogP contribution in [-0.2, 0) is 17.6 Å². The molecule has 2 aromatic rings. The van der Waals surface area contributed by atoms with Crippen LogP contribution in [0.3, 0.4) is 0 Å². The zero-order valence-corrected chi connectivity index (χ0v) is 15.4. The molecule has 1 aromatic heterocycles. The summed E-state index contributed by atoms with van der Waals surface area (Å²) in [5, 5.41) is 13.6. The summed E-state index contributed by atoms with van der Waals surface area (Å²) in [6.45, 7) is 4.64. The molecule has 7 heteroatoms. The summed E-state index contributed by atoms with van der Waals surface area (Å²) in [5.74, 6) is -0.00918. The predicted molar refractivity (Wildman–Crippen MR) is 95.5 cm³/mol. The number of aliphatic hydroxyl groups excluding tert-OH is 1. The first kappa shape index (κ1) is 17.7. The van der Waals surface area contributed by atoms with Gasteiger partial charge in [-0.25, -0.2) is 4.79 Å². The van der Waals surface area contributed by atoms with E-state index in [9.17, 15) is 14.7 Å². The van der Waals surface area contributed by atoms with Gasteiger partial charge in [-0.3, -0.25) is 4.79 Å². The molecule has 27 heavy (non-hydrogen) atoms. The van der Waals surface area contributed by atoms with Crippen LogP contribution in [0.25, 0.3) is 0 Å². The molecule has 1 unspecified atom stereocenters. The molecule has 1 atom stereocenters. The molecule has 0 saturated carbocycles. The molecular weight excluding hydrogens is 348 g/mol. The van der Waals surface area contributed by atoms with Crippen molar-refractivity contribution in [2.45, 2.75) is 44.8 Å². The van der Waals surface area contributed by atoms with Gasteiger partial charge < -0.3 is 19.3 Å². The van der Waals surface area contributed by atoms with E-state index < -0.39 is 17.7 Å². The zero-order valence-electron chi connectivity index (χ0n) is 15.4. The first-order chi connectivity index (χ1) is 12.8. The van der Waals surface area contributed by atoms with E-state index in [1.54, 1.807) is 17.0 Å². The number of rotatable bonds is 3. The van der Waals surface area contributed by atoms with Crippen LogP contribution in [0.1, 0.15) is 58.0 Å². The monoisotopic (exact) mass is 370 g/mol. The largest absolute Gasteiger partial charge is 0.456 e. The first-order valence-electron chi connectivity index (χ1n) is 9.09. The second-order valence-corrected chi connectivity index (χ2v) is 7.82. The third kappa shape index (κ3) is 3.47. The molecule has 1 aromatic carbocycles. The lowest BCUT2D eigenvalue weighted by Crippen LogP contribution is -2.36. The number of cyclic esters (lactones) is 1. The summed E-state index contributed by atoms with van der Waals surface area (Å²) in [4.78, 5) is 26.4. The van der Waals surface area contributed by atoms with Crippen LogP contribution in [0.15, 0.2) is 28.8 Å². The van der Waals surface area contributed by atoms with Crippen molar-refractivity contribution in [1.29, 1.82) is 0 Å². The lowest BCUT2D eigenvalue weighted by atomic mass is 9.94. The van der Waals surface area contributed by atoms with Gasteiger partial charge in [0.1, 0.15) is 16.9 Å². The molecule has 0 bridgehead atoms. The summed E-state index contributed by atoms with van der Waals surface area (Å²) in [6, 6.07) is 7.19. The first-order valence-corrected chi connectivity index (χ1v) is 9.09. The van der Waals surface area contributed by atoms with Gasteiger partial charge in [0.15, 0.2) is 5.76 Å². The highest BCUT2D eigenvalue weighted by Gasteiger charge is 2.37. The number of carbonyl (C=O) groups excluding carboxylic acids is 2. The minimum absolute atomic E-state index is 0.0825. The van der Waals surface area contributed by atoms with Crippen molar-refractivity contribution in [2.75, 3.05) is 13.1 Å². The molecule has 1 saturated heterocycles. The Morgan fingerprint density at radius 3 is 2.74 bits per heavy atom. The van der Waals surface area contributed by atoms with Crippen molar-refractivity contribution in [3.63, 3.8) is 0 Å². The van der Waals surface area contributed by atoms with Gasteiger partial charge in [-0.1, -0.05) is 17.3 Å². The van der Waals surface area contributed by atoms with E-state index in [-0.39, 0.29) is 5.91 Å². The second-order valence-electron chi connectivity index (χ2n) is 7.82. The second kappa shape index (κ2) is 6.49. The molecule has 1 amide bonds. The minimum Gasteiger partial charge on any atom is -0.456 e. The van der Waals surface area contributed by atoms with Crippen molar-refractivity contribution in [2.24, 2.45) is 0 Å². The van der Waals surface area contributed by atoms with Crippen molar-refractivity contribution >= 4 is 11.9 Å². The van der Waals surface area contributed by atoms with E-state index in [4.69, 9.17) is 9.26 Å². The summed E-state index contributed by atoms with van der Waals surface area (Å²) in [7, 11) is 0. The number of fused-ring (bicyclic) bond motifs is 1. The normalized spacial score (nSPS) is 21.1. The topological polar surface area (TPSA) is 92.9 Å². The van der Waals surface area contributed by atoms with E-state index in [0.717, 1.165) is 5.56 Å². The Hall–Kier alpha value is -2.67. The maximum Gasteiger partial charge on any atom is 0.344 e. The number of amides is 1. The molecule has 1 fully saturated rings. The van der Waals surface area contributed by atoms with Gasteiger partial charge in [0.25, 0.3) is 5.91 Å². The molecule has 4 rings (SSSR count). The van der Waals surface area contributed by atoms with Gasteiger partial charge in [-0.15, -0.1) is 0 Å². The number of nitrogens with zero attached hydrogens (tertiary/aromatic N) is 2. The van der Waals surface area contributed by atoms with Crippen LogP contribution in [-0.4, -0.2) is 51.8 Å². The van der Waals surface area contributed by atoms with Gasteiger partial charge >= 0.3 is 5.97 Å². The van der Waals surface area contributed by atoms with Crippen LogP contribution in [0.5, 0.6) is 0 Å². The third-order valence-electron chi connectivity index (χ3n) is 5.02. The number of aromatic nitrogens is 1.